The molecule has 126 valence electrons. The van der Waals surface area contributed by atoms with E-state index in [0.29, 0.717) is 12.1 Å². The van der Waals surface area contributed by atoms with Crippen LogP contribution >= 0.6 is 11.3 Å². The van der Waals surface area contributed by atoms with Crippen LogP contribution in [0.4, 0.5) is 10.1 Å². The molecule has 0 bridgehead atoms. The number of nitrogens with one attached hydrogen (secondary N) is 1. The number of nitrogens with zero attached hydrogens (tertiary/aromatic N) is 1. The third-order valence-corrected chi connectivity index (χ3v) is 5.61. The molecular weight excluding hydrogens is 335 g/mol. The van der Waals surface area contributed by atoms with Crippen molar-refractivity contribution in [1.82, 2.24) is 4.98 Å². The maximum Gasteiger partial charge on any atom is 0.227 e. The number of aromatic nitrogens is 1. The van der Waals surface area contributed by atoms with Crippen molar-refractivity contribution in [3.8, 4) is 10.6 Å². The summed E-state index contributed by atoms with van der Waals surface area (Å²) in [5, 5.41) is 3.91. The average molecular weight is 352 g/mol. The summed E-state index contributed by atoms with van der Waals surface area (Å²) in [6.07, 6.45) is 2.32. The maximum atomic E-state index is 13.0. The molecule has 3 aromatic rings. The van der Waals surface area contributed by atoms with Gasteiger partial charge < -0.3 is 5.32 Å². The van der Waals surface area contributed by atoms with Crippen LogP contribution in [0.2, 0.25) is 0 Å². The van der Waals surface area contributed by atoms with E-state index in [1.165, 1.54) is 17.0 Å². The molecule has 0 saturated heterocycles. The normalized spacial score (nSPS) is 16.3. The predicted molar refractivity (Wildman–Crippen MR) is 98.1 cm³/mol. The Balaban J connectivity index is 1.48. The molecule has 3 nitrogen and oxygen atoms in total. The second-order valence-corrected chi connectivity index (χ2v) is 7.27. The van der Waals surface area contributed by atoms with Gasteiger partial charge in [0.1, 0.15) is 10.8 Å². The van der Waals surface area contributed by atoms with Crippen LogP contribution in [0, 0.1) is 11.7 Å². The highest BCUT2D eigenvalue weighted by Gasteiger charge is 2.27. The summed E-state index contributed by atoms with van der Waals surface area (Å²) in [5.41, 5.74) is 2.87. The Hall–Kier alpha value is -2.53. The van der Waals surface area contributed by atoms with Gasteiger partial charge in [0, 0.05) is 22.0 Å². The molecule has 1 heterocycles. The fraction of sp³-hybridized carbons (Fsp3) is 0.200. The van der Waals surface area contributed by atoms with Crippen LogP contribution in [0.15, 0.2) is 54.6 Å². The molecule has 1 atom stereocenters. The largest absolute Gasteiger partial charge is 0.326 e. The number of anilines is 1. The molecule has 2 aromatic carbocycles. The van der Waals surface area contributed by atoms with E-state index in [1.807, 2.05) is 18.2 Å². The van der Waals surface area contributed by atoms with Gasteiger partial charge >= 0.3 is 0 Å². The highest BCUT2D eigenvalue weighted by molar-refractivity contribution is 7.15. The lowest BCUT2D eigenvalue weighted by molar-refractivity contribution is -0.120. The maximum absolute atomic E-state index is 13.0. The van der Waals surface area contributed by atoms with E-state index in [0.717, 1.165) is 29.1 Å². The number of benzene rings is 2. The minimum atomic E-state index is -0.307. The number of fused-ring (bicyclic) bond motifs is 1. The number of carbonyl (C=O) groups is 1. The highest BCUT2D eigenvalue weighted by atomic mass is 32.1. The molecule has 1 amide bonds. The zero-order chi connectivity index (χ0) is 17.2. The van der Waals surface area contributed by atoms with Crippen LogP contribution < -0.4 is 5.32 Å². The van der Waals surface area contributed by atoms with Crippen molar-refractivity contribution in [2.24, 2.45) is 5.92 Å². The van der Waals surface area contributed by atoms with Gasteiger partial charge in [-0.2, -0.15) is 0 Å². The first-order valence-corrected chi connectivity index (χ1v) is 9.11. The van der Waals surface area contributed by atoms with Gasteiger partial charge in [-0.3, -0.25) is 4.79 Å². The topological polar surface area (TPSA) is 42.0 Å². The molecule has 0 radical (unpaired) electrons. The molecule has 0 spiro atoms. The number of rotatable bonds is 3. The van der Waals surface area contributed by atoms with Gasteiger partial charge in [-0.1, -0.05) is 30.3 Å². The number of hydrogen-bond donors (Lipinski definition) is 1. The van der Waals surface area contributed by atoms with E-state index < -0.39 is 0 Å². The number of hydrogen-bond acceptors (Lipinski definition) is 3. The molecule has 0 saturated carbocycles. The Morgan fingerprint density at radius 2 is 1.88 bits per heavy atom. The number of halogens is 1. The summed E-state index contributed by atoms with van der Waals surface area (Å²) in [5.74, 6) is -0.382. The van der Waals surface area contributed by atoms with Gasteiger partial charge in [-0.25, -0.2) is 9.37 Å². The fourth-order valence-electron chi connectivity index (χ4n) is 3.08. The smallest absolute Gasteiger partial charge is 0.227 e. The molecule has 1 aromatic heterocycles. The lowest BCUT2D eigenvalue weighted by Crippen LogP contribution is -2.27. The Kier molecular flexibility index (Phi) is 4.32. The second-order valence-electron chi connectivity index (χ2n) is 6.19. The van der Waals surface area contributed by atoms with E-state index in [-0.39, 0.29) is 17.6 Å². The lowest BCUT2D eigenvalue weighted by atomic mass is 9.90. The number of aryl methyl sites for hydroxylation is 1. The number of carbonyl (C=O) groups excluding carboxylic acids is 1. The molecule has 1 N–H and O–H groups in total. The summed E-state index contributed by atoms with van der Waals surface area (Å²) in [6, 6.07) is 16.0. The summed E-state index contributed by atoms with van der Waals surface area (Å²) < 4.78 is 13.0. The predicted octanol–water partition coefficient (Wildman–Crippen LogP) is 4.69. The van der Waals surface area contributed by atoms with Gasteiger partial charge in [0.25, 0.3) is 0 Å². The van der Waals surface area contributed by atoms with Gasteiger partial charge in [0.05, 0.1) is 5.69 Å². The van der Waals surface area contributed by atoms with E-state index in [2.05, 4.69) is 17.4 Å². The van der Waals surface area contributed by atoms with E-state index in [9.17, 15) is 9.18 Å². The van der Waals surface area contributed by atoms with Gasteiger partial charge in [0.15, 0.2) is 0 Å². The summed E-state index contributed by atoms with van der Waals surface area (Å²) in [6.45, 7) is 0. The monoisotopic (exact) mass is 352 g/mol. The van der Waals surface area contributed by atoms with Crippen molar-refractivity contribution >= 4 is 22.9 Å². The van der Waals surface area contributed by atoms with E-state index in [4.69, 9.17) is 4.98 Å². The summed E-state index contributed by atoms with van der Waals surface area (Å²) in [4.78, 5) is 18.5. The Morgan fingerprint density at radius 3 is 2.64 bits per heavy atom. The second kappa shape index (κ2) is 6.76. The third kappa shape index (κ3) is 3.46. The standard InChI is InChI=1S/C20H17FN2OS/c21-15-7-9-16(10-8-15)22-19(24)14-6-11-17-18(12-14)25-20(23-17)13-4-2-1-3-5-13/h1-5,7-10,14H,6,11-12H2,(H,22,24). The minimum absolute atomic E-state index is 0.00748. The van der Waals surface area contributed by atoms with Crippen molar-refractivity contribution in [2.75, 3.05) is 5.32 Å². The molecule has 5 heteroatoms. The molecule has 1 aliphatic carbocycles. The molecule has 25 heavy (non-hydrogen) atoms. The van der Waals surface area contributed by atoms with Crippen molar-refractivity contribution < 1.29 is 9.18 Å². The van der Waals surface area contributed by atoms with Crippen LogP contribution in [-0.2, 0) is 17.6 Å². The zero-order valence-corrected chi connectivity index (χ0v) is 14.4. The Bertz CT molecular complexity index is 890. The van der Waals surface area contributed by atoms with E-state index in [1.54, 1.807) is 23.5 Å². The Labute approximate surface area is 149 Å². The van der Waals surface area contributed by atoms with Gasteiger partial charge in [-0.15, -0.1) is 11.3 Å². The van der Waals surface area contributed by atoms with Crippen LogP contribution in [-0.4, -0.2) is 10.9 Å². The first kappa shape index (κ1) is 16.0. The minimum Gasteiger partial charge on any atom is -0.326 e. The lowest BCUT2D eigenvalue weighted by Gasteiger charge is -2.20. The summed E-state index contributed by atoms with van der Waals surface area (Å²) in [7, 11) is 0. The quantitative estimate of drug-likeness (QED) is 0.743. The molecule has 1 aliphatic rings. The fourth-order valence-corrected chi connectivity index (χ4v) is 4.27. The number of thiazole rings is 1. The van der Waals surface area contributed by atoms with Crippen LogP contribution in [0.3, 0.4) is 0 Å². The third-order valence-electron chi connectivity index (χ3n) is 4.44. The van der Waals surface area contributed by atoms with Gasteiger partial charge in [0.2, 0.25) is 5.91 Å². The first-order valence-electron chi connectivity index (χ1n) is 8.29. The van der Waals surface area contributed by atoms with Crippen molar-refractivity contribution in [3.63, 3.8) is 0 Å². The zero-order valence-electron chi connectivity index (χ0n) is 13.5. The SMILES string of the molecule is O=C(Nc1ccc(F)cc1)C1CCc2nc(-c3ccccc3)sc2C1. The van der Waals surface area contributed by atoms with Crippen LogP contribution in [0.25, 0.3) is 10.6 Å². The molecule has 1 unspecified atom stereocenters. The van der Waals surface area contributed by atoms with E-state index >= 15 is 0 Å². The average Bonchev–Trinajstić information content (AvgIpc) is 3.07. The van der Waals surface area contributed by atoms with Crippen LogP contribution in [0.1, 0.15) is 17.0 Å². The van der Waals surface area contributed by atoms with Crippen LogP contribution in [0.5, 0.6) is 0 Å². The van der Waals surface area contributed by atoms with Gasteiger partial charge in [-0.05, 0) is 43.5 Å². The highest BCUT2D eigenvalue weighted by Crippen LogP contribution is 2.34. The molecule has 0 aliphatic heterocycles. The number of amides is 1. The first-order chi connectivity index (χ1) is 12.2. The summed E-state index contributed by atoms with van der Waals surface area (Å²) >= 11 is 1.68. The molecular formula is C20H17FN2OS. The Morgan fingerprint density at radius 1 is 1.12 bits per heavy atom. The van der Waals surface area contributed by atoms with Crippen molar-refractivity contribution in [2.45, 2.75) is 19.3 Å². The van der Waals surface area contributed by atoms with Crippen molar-refractivity contribution in [3.05, 3.63) is 71.0 Å². The van der Waals surface area contributed by atoms with Crippen molar-refractivity contribution in [1.29, 1.82) is 0 Å². The molecule has 0 fully saturated rings. The molecule has 4 rings (SSSR count).